The lowest BCUT2D eigenvalue weighted by atomic mass is 9.99. The van der Waals surface area contributed by atoms with Gasteiger partial charge in [-0.1, -0.05) is 60.2 Å². The third-order valence-corrected chi connectivity index (χ3v) is 5.29. The molecule has 0 saturated carbocycles. The summed E-state index contributed by atoms with van der Waals surface area (Å²) >= 11 is 0. The minimum absolute atomic E-state index is 0.229. The van der Waals surface area contributed by atoms with Crippen molar-refractivity contribution in [1.82, 2.24) is 0 Å². The van der Waals surface area contributed by atoms with Crippen LogP contribution in [0.2, 0.25) is 0 Å². The highest BCUT2D eigenvalue weighted by atomic mass is 16.5. The lowest BCUT2D eigenvalue weighted by molar-refractivity contribution is -0.138. The first kappa shape index (κ1) is 19.6. The third-order valence-electron chi connectivity index (χ3n) is 5.29. The molecule has 4 nitrogen and oxygen atoms in total. The van der Waals surface area contributed by atoms with Crippen molar-refractivity contribution in [2.45, 2.75) is 20.8 Å². The number of allylic oxidation sites excluding steroid dienone is 1. The van der Waals surface area contributed by atoms with Gasteiger partial charge in [0.1, 0.15) is 0 Å². The Bertz CT molecular complexity index is 1200. The van der Waals surface area contributed by atoms with E-state index >= 15 is 0 Å². The number of nitrogens with zero attached hydrogens (tertiary/aromatic N) is 1. The topological polar surface area (TPSA) is 46.6 Å². The van der Waals surface area contributed by atoms with Crippen LogP contribution in [0.15, 0.2) is 83.6 Å². The zero-order valence-electron chi connectivity index (χ0n) is 17.3. The largest absolute Gasteiger partial charge is 0.462 e. The number of rotatable bonds is 4. The van der Waals surface area contributed by atoms with Crippen molar-refractivity contribution >= 4 is 34.4 Å². The molecule has 0 aliphatic carbocycles. The van der Waals surface area contributed by atoms with Gasteiger partial charge in [-0.2, -0.15) is 0 Å². The van der Waals surface area contributed by atoms with E-state index in [9.17, 15) is 9.59 Å². The predicted octanol–water partition coefficient (Wildman–Crippen LogP) is 5.42. The SMILES string of the molecule is CCOC(=O)C1=C(C)N(c2ccc(C)cc2)C(=O)C1=Cc1cccc2ccccc12. The van der Waals surface area contributed by atoms with Crippen LogP contribution in [0, 0.1) is 6.92 Å². The number of carbonyl (C=O) groups is 2. The second kappa shape index (κ2) is 7.99. The van der Waals surface area contributed by atoms with Crippen molar-refractivity contribution in [3.8, 4) is 0 Å². The summed E-state index contributed by atoms with van der Waals surface area (Å²) in [6, 6.07) is 21.6. The lowest BCUT2D eigenvalue weighted by Gasteiger charge is -2.18. The van der Waals surface area contributed by atoms with Crippen molar-refractivity contribution in [1.29, 1.82) is 0 Å². The Morgan fingerprint density at radius 2 is 1.67 bits per heavy atom. The Kier molecular flexibility index (Phi) is 5.23. The fourth-order valence-electron chi connectivity index (χ4n) is 3.82. The van der Waals surface area contributed by atoms with Gasteiger partial charge >= 0.3 is 5.97 Å². The number of esters is 1. The number of benzene rings is 3. The van der Waals surface area contributed by atoms with Gasteiger partial charge in [0.25, 0.3) is 5.91 Å². The molecule has 0 N–H and O–H groups in total. The molecule has 0 unspecified atom stereocenters. The molecule has 1 amide bonds. The van der Waals surface area contributed by atoms with Gasteiger partial charge in [-0.05, 0) is 55.3 Å². The molecule has 1 heterocycles. The average molecular weight is 397 g/mol. The summed E-state index contributed by atoms with van der Waals surface area (Å²) in [5.41, 5.74) is 3.96. The Morgan fingerprint density at radius 3 is 2.40 bits per heavy atom. The molecule has 0 aromatic heterocycles. The molecule has 4 rings (SSSR count). The normalized spacial score (nSPS) is 15.4. The molecular weight excluding hydrogens is 374 g/mol. The molecule has 3 aromatic carbocycles. The molecule has 0 radical (unpaired) electrons. The maximum absolute atomic E-state index is 13.5. The summed E-state index contributed by atoms with van der Waals surface area (Å²) < 4.78 is 5.29. The van der Waals surface area contributed by atoms with E-state index in [4.69, 9.17) is 4.74 Å². The number of ether oxygens (including phenoxy) is 1. The zero-order valence-corrected chi connectivity index (χ0v) is 17.3. The van der Waals surface area contributed by atoms with Crippen LogP contribution in [-0.4, -0.2) is 18.5 Å². The van der Waals surface area contributed by atoms with E-state index in [1.54, 1.807) is 24.8 Å². The van der Waals surface area contributed by atoms with E-state index in [-0.39, 0.29) is 12.5 Å². The fraction of sp³-hybridized carbons (Fsp3) is 0.154. The van der Waals surface area contributed by atoms with Crippen molar-refractivity contribution in [2.75, 3.05) is 11.5 Å². The maximum Gasteiger partial charge on any atom is 0.340 e. The quantitative estimate of drug-likeness (QED) is 0.436. The molecule has 1 aliphatic heterocycles. The summed E-state index contributed by atoms with van der Waals surface area (Å²) in [5, 5.41) is 2.10. The molecule has 3 aromatic rings. The van der Waals surface area contributed by atoms with E-state index < -0.39 is 5.97 Å². The summed E-state index contributed by atoms with van der Waals surface area (Å²) in [6.45, 7) is 5.79. The molecule has 0 spiro atoms. The van der Waals surface area contributed by atoms with E-state index in [2.05, 4.69) is 0 Å². The van der Waals surface area contributed by atoms with Crippen LogP contribution in [0.4, 0.5) is 5.69 Å². The molecule has 0 atom stereocenters. The molecule has 150 valence electrons. The Labute approximate surface area is 176 Å². The van der Waals surface area contributed by atoms with Gasteiger partial charge in [-0.25, -0.2) is 4.79 Å². The Hall–Kier alpha value is -3.66. The van der Waals surface area contributed by atoms with E-state index in [1.165, 1.54) is 0 Å². The molecule has 30 heavy (non-hydrogen) atoms. The maximum atomic E-state index is 13.5. The average Bonchev–Trinajstić information content (AvgIpc) is 2.99. The van der Waals surface area contributed by atoms with Gasteiger partial charge in [-0.3, -0.25) is 9.69 Å². The van der Waals surface area contributed by atoms with Gasteiger partial charge in [0, 0.05) is 11.4 Å². The van der Waals surface area contributed by atoms with Gasteiger partial charge in [0.15, 0.2) is 0 Å². The van der Waals surface area contributed by atoms with Crippen molar-refractivity contribution in [2.24, 2.45) is 0 Å². The molecule has 0 saturated heterocycles. The fourth-order valence-corrected chi connectivity index (χ4v) is 3.82. The van der Waals surface area contributed by atoms with Crippen LogP contribution in [0.5, 0.6) is 0 Å². The summed E-state index contributed by atoms with van der Waals surface area (Å²) in [5.74, 6) is -0.711. The number of amides is 1. The number of anilines is 1. The smallest absolute Gasteiger partial charge is 0.340 e. The summed E-state index contributed by atoms with van der Waals surface area (Å²) in [4.78, 5) is 27.9. The summed E-state index contributed by atoms with van der Waals surface area (Å²) in [6.07, 6.45) is 1.80. The zero-order chi connectivity index (χ0) is 21.3. The lowest BCUT2D eigenvalue weighted by Crippen LogP contribution is -2.24. The van der Waals surface area contributed by atoms with E-state index in [0.29, 0.717) is 16.8 Å². The van der Waals surface area contributed by atoms with Crippen LogP contribution in [0.25, 0.3) is 16.8 Å². The molecule has 4 heteroatoms. The highest BCUT2D eigenvalue weighted by Crippen LogP contribution is 2.36. The van der Waals surface area contributed by atoms with Gasteiger partial charge in [-0.15, -0.1) is 0 Å². The van der Waals surface area contributed by atoms with Gasteiger partial charge < -0.3 is 4.74 Å². The first-order valence-electron chi connectivity index (χ1n) is 10.00. The monoisotopic (exact) mass is 397 g/mol. The Morgan fingerprint density at radius 1 is 0.967 bits per heavy atom. The van der Waals surface area contributed by atoms with E-state index in [0.717, 1.165) is 27.6 Å². The second-order valence-electron chi connectivity index (χ2n) is 7.28. The first-order chi connectivity index (χ1) is 14.5. The van der Waals surface area contributed by atoms with Crippen molar-refractivity contribution in [3.05, 3.63) is 94.7 Å². The standard InChI is InChI=1S/C26H23NO3/c1-4-30-26(29)24-18(3)27(21-14-12-17(2)13-15-21)25(28)23(24)16-20-10-7-9-19-8-5-6-11-22(19)20/h5-16H,4H2,1-3H3. The van der Waals surface area contributed by atoms with Crippen molar-refractivity contribution in [3.63, 3.8) is 0 Å². The van der Waals surface area contributed by atoms with Crippen molar-refractivity contribution < 1.29 is 14.3 Å². The summed E-state index contributed by atoms with van der Waals surface area (Å²) in [7, 11) is 0. The minimum atomic E-state index is -0.482. The highest BCUT2D eigenvalue weighted by Gasteiger charge is 2.38. The number of hydrogen-bond acceptors (Lipinski definition) is 3. The number of aryl methyl sites for hydroxylation is 1. The Balaban J connectivity index is 1.89. The minimum Gasteiger partial charge on any atom is -0.462 e. The molecule has 1 aliphatic rings. The van der Waals surface area contributed by atoms with Crippen LogP contribution in [0.1, 0.15) is 25.0 Å². The molecule has 0 bridgehead atoms. The van der Waals surface area contributed by atoms with Crippen LogP contribution in [0.3, 0.4) is 0 Å². The predicted molar refractivity (Wildman–Crippen MR) is 120 cm³/mol. The van der Waals surface area contributed by atoms with Crippen LogP contribution < -0.4 is 4.90 Å². The molecule has 0 fully saturated rings. The van der Waals surface area contributed by atoms with Gasteiger partial charge in [0.2, 0.25) is 0 Å². The molecular formula is C26H23NO3. The first-order valence-corrected chi connectivity index (χ1v) is 10.00. The number of hydrogen-bond donors (Lipinski definition) is 0. The second-order valence-corrected chi connectivity index (χ2v) is 7.28. The van der Waals surface area contributed by atoms with Crippen LogP contribution >= 0.6 is 0 Å². The highest BCUT2D eigenvalue weighted by molar-refractivity contribution is 6.24. The third kappa shape index (κ3) is 3.41. The van der Waals surface area contributed by atoms with Crippen LogP contribution in [-0.2, 0) is 14.3 Å². The van der Waals surface area contributed by atoms with Gasteiger partial charge in [0.05, 0.1) is 17.8 Å². The number of carbonyl (C=O) groups excluding carboxylic acids is 2. The van der Waals surface area contributed by atoms with E-state index in [1.807, 2.05) is 73.7 Å². The number of fused-ring (bicyclic) bond motifs is 1.